The molecule has 0 unspecified atom stereocenters. The van der Waals surface area contributed by atoms with Crippen LogP contribution in [0.4, 0.5) is 0 Å². The van der Waals surface area contributed by atoms with Gasteiger partial charge in [-0.3, -0.25) is 9.67 Å². The summed E-state index contributed by atoms with van der Waals surface area (Å²) in [7, 11) is 3.84. The zero-order valence-electron chi connectivity index (χ0n) is 16.3. The van der Waals surface area contributed by atoms with Crippen LogP contribution in [0.2, 0.25) is 0 Å². The van der Waals surface area contributed by atoms with Gasteiger partial charge in [-0.1, -0.05) is 33.8 Å². The Morgan fingerprint density at radius 2 is 2.04 bits per heavy atom. The summed E-state index contributed by atoms with van der Waals surface area (Å²) in [5.74, 6) is 0.831. The monoisotopic (exact) mass is 361 g/mol. The Hall–Kier alpha value is -1.82. The standard InChI is InChI=1S/C19H31N5S/c1-7-15-14(16(8-2)24(6)23-15)12-21-18(20-5)22-13-19(3,4)17-10-9-11-25-17/h9-11H,7-8,12-13H2,1-6H3,(H2,20,21,22). The summed E-state index contributed by atoms with van der Waals surface area (Å²) in [6.07, 6.45) is 1.93. The second-order valence-corrected chi connectivity index (χ2v) is 7.79. The number of aromatic nitrogens is 2. The molecule has 0 aliphatic carbocycles. The molecule has 0 aromatic carbocycles. The molecule has 5 nitrogen and oxygen atoms in total. The fraction of sp³-hybridized carbons (Fsp3) is 0.579. The molecule has 0 saturated heterocycles. The predicted molar refractivity (Wildman–Crippen MR) is 108 cm³/mol. The quantitative estimate of drug-likeness (QED) is 0.588. The van der Waals surface area contributed by atoms with E-state index in [1.165, 1.54) is 21.8 Å². The Balaban J connectivity index is 2.00. The van der Waals surface area contributed by atoms with Gasteiger partial charge in [-0.15, -0.1) is 11.3 Å². The normalized spacial score (nSPS) is 12.5. The molecule has 2 heterocycles. The second kappa shape index (κ2) is 8.52. The summed E-state index contributed by atoms with van der Waals surface area (Å²) in [5.41, 5.74) is 3.83. The first-order valence-electron chi connectivity index (χ1n) is 8.95. The number of aryl methyl sites for hydroxylation is 2. The maximum Gasteiger partial charge on any atom is 0.191 e. The van der Waals surface area contributed by atoms with Gasteiger partial charge >= 0.3 is 0 Å². The van der Waals surface area contributed by atoms with Crippen LogP contribution in [0.3, 0.4) is 0 Å². The van der Waals surface area contributed by atoms with Crippen molar-refractivity contribution in [2.75, 3.05) is 13.6 Å². The van der Waals surface area contributed by atoms with Gasteiger partial charge in [0.2, 0.25) is 0 Å². The van der Waals surface area contributed by atoms with Gasteiger partial charge in [0.05, 0.1) is 5.69 Å². The minimum atomic E-state index is 0.0727. The highest BCUT2D eigenvalue weighted by Crippen LogP contribution is 2.26. The summed E-state index contributed by atoms with van der Waals surface area (Å²) in [6.45, 7) is 10.4. The first kappa shape index (κ1) is 19.5. The Kier molecular flexibility index (Phi) is 6.64. The van der Waals surface area contributed by atoms with Gasteiger partial charge in [-0.05, 0) is 24.3 Å². The molecule has 0 saturated carbocycles. The highest BCUT2D eigenvalue weighted by Gasteiger charge is 2.22. The van der Waals surface area contributed by atoms with Crippen LogP contribution < -0.4 is 10.6 Å². The van der Waals surface area contributed by atoms with Crippen molar-refractivity contribution >= 4 is 17.3 Å². The van der Waals surface area contributed by atoms with Crippen LogP contribution in [0.15, 0.2) is 22.5 Å². The zero-order valence-corrected chi connectivity index (χ0v) is 17.1. The fourth-order valence-electron chi connectivity index (χ4n) is 3.04. The van der Waals surface area contributed by atoms with Crippen LogP contribution in [0.5, 0.6) is 0 Å². The molecule has 0 amide bonds. The van der Waals surface area contributed by atoms with Crippen molar-refractivity contribution in [2.24, 2.45) is 12.0 Å². The fourth-order valence-corrected chi connectivity index (χ4v) is 3.89. The summed E-state index contributed by atoms with van der Waals surface area (Å²) in [6, 6.07) is 4.30. The van der Waals surface area contributed by atoms with Gasteiger partial charge in [-0.2, -0.15) is 5.10 Å². The molecule has 0 spiro atoms. The molecule has 2 N–H and O–H groups in total. The molecule has 0 bridgehead atoms. The van der Waals surface area contributed by atoms with Crippen LogP contribution in [0.1, 0.15) is 49.5 Å². The van der Waals surface area contributed by atoms with Gasteiger partial charge in [0, 0.05) is 48.7 Å². The van der Waals surface area contributed by atoms with Gasteiger partial charge in [0.25, 0.3) is 0 Å². The van der Waals surface area contributed by atoms with E-state index < -0.39 is 0 Å². The third kappa shape index (κ3) is 4.63. The smallest absolute Gasteiger partial charge is 0.191 e. The van der Waals surface area contributed by atoms with Crippen LogP contribution in [-0.4, -0.2) is 29.3 Å². The number of aliphatic imine (C=N–C) groups is 1. The van der Waals surface area contributed by atoms with Crippen molar-refractivity contribution in [3.8, 4) is 0 Å². The maximum atomic E-state index is 4.64. The molecule has 0 radical (unpaired) electrons. The molecule has 0 aliphatic rings. The minimum Gasteiger partial charge on any atom is -0.356 e. The lowest BCUT2D eigenvalue weighted by Gasteiger charge is -2.25. The molecular formula is C19H31N5S. The zero-order chi connectivity index (χ0) is 18.4. The third-order valence-electron chi connectivity index (χ3n) is 4.57. The number of guanidine groups is 1. The number of nitrogens with one attached hydrogen (secondary N) is 2. The van der Waals surface area contributed by atoms with Crippen LogP contribution >= 0.6 is 11.3 Å². The van der Waals surface area contributed by atoms with Crippen molar-refractivity contribution in [1.29, 1.82) is 0 Å². The summed E-state index contributed by atoms with van der Waals surface area (Å²) in [5, 5.41) is 13.7. The highest BCUT2D eigenvalue weighted by molar-refractivity contribution is 7.10. The lowest BCUT2D eigenvalue weighted by molar-refractivity contribution is 0.518. The number of hydrogen-bond acceptors (Lipinski definition) is 3. The van der Waals surface area contributed by atoms with Crippen molar-refractivity contribution in [3.05, 3.63) is 39.3 Å². The van der Waals surface area contributed by atoms with E-state index in [1.807, 2.05) is 18.8 Å². The van der Waals surface area contributed by atoms with Crippen LogP contribution in [-0.2, 0) is 31.8 Å². The van der Waals surface area contributed by atoms with E-state index in [9.17, 15) is 0 Å². The summed E-state index contributed by atoms with van der Waals surface area (Å²) >= 11 is 1.80. The van der Waals surface area contributed by atoms with E-state index in [2.05, 4.69) is 65.9 Å². The maximum absolute atomic E-state index is 4.64. The third-order valence-corrected chi connectivity index (χ3v) is 5.81. The molecular weight excluding hydrogens is 330 g/mol. The molecule has 2 rings (SSSR count). The van der Waals surface area contributed by atoms with Crippen molar-refractivity contribution in [1.82, 2.24) is 20.4 Å². The first-order valence-corrected chi connectivity index (χ1v) is 9.83. The molecule has 0 fully saturated rings. The Morgan fingerprint density at radius 3 is 2.60 bits per heavy atom. The lowest BCUT2D eigenvalue weighted by atomic mass is 9.91. The van der Waals surface area contributed by atoms with Crippen molar-refractivity contribution in [3.63, 3.8) is 0 Å². The van der Waals surface area contributed by atoms with E-state index in [0.717, 1.165) is 31.9 Å². The van der Waals surface area contributed by atoms with E-state index >= 15 is 0 Å². The van der Waals surface area contributed by atoms with Gasteiger partial charge < -0.3 is 10.6 Å². The van der Waals surface area contributed by atoms with Crippen LogP contribution in [0.25, 0.3) is 0 Å². The lowest BCUT2D eigenvalue weighted by Crippen LogP contribution is -2.43. The Morgan fingerprint density at radius 1 is 1.28 bits per heavy atom. The van der Waals surface area contributed by atoms with Crippen molar-refractivity contribution < 1.29 is 0 Å². The molecule has 2 aromatic heterocycles. The Bertz CT molecular complexity index is 698. The second-order valence-electron chi connectivity index (χ2n) is 6.84. The van der Waals surface area contributed by atoms with E-state index in [0.29, 0.717) is 0 Å². The minimum absolute atomic E-state index is 0.0727. The van der Waals surface area contributed by atoms with Gasteiger partial charge in [0.15, 0.2) is 5.96 Å². The highest BCUT2D eigenvalue weighted by atomic mass is 32.1. The van der Waals surface area contributed by atoms with Crippen molar-refractivity contribution in [2.45, 2.75) is 52.5 Å². The summed E-state index contributed by atoms with van der Waals surface area (Å²) in [4.78, 5) is 5.75. The van der Waals surface area contributed by atoms with E-state index in [4.69, 9.17) is 0 Å². The largest absolute Gasteiger partial charge is 0.356 e. The molecule has 0 atom stereocenters. The molecule has 25 heavy (non-hydrogen) atoms. The number of thiophene rings is 1. The number of rotatable bonds is 7. The topological polar surface area (TPSA) is 54.2 Å². The predicted octanol–water partition coefficient (Wildman–Crippen LogP) is 3.25. The average molecular weight is 362 g/mol. The number of hydrogen-bond donors (Lipinski definition) is 2. The van der Waals surface area contributed by atoms with Crippen LogP contribution in [0, 0.1) is 0 Å². The molecule has 138 valence electrons. The van der Waals surface area contributed by atoms with E-state index in [-0.39, 0.29) is 5.41 Å². The Labute approximate surface area is 155 Å². The molecule has 0 aliphatic heterocycles. The van der Waals surface area contributed by atoms with Gasteiger partial charge in [0.1, 0.15) is 0 Å². The first-order chi connectivity index (χ1) is 11.9. The van der Waals surface area contributed by atoms with E-state index in [1.54, 1.807) is 11.3 Å². The molecule has 6 heteroatoms. The average Bonchev–Trinajstić information content (AvgIpc) is 3.23. The SMILES string of the molecule is CCc1nn(C)c(CC)c1CNC(=NC)NCC(C)(C)c1cccs1. The van der Waals surface area contributed by atoms with Gasteiger partial charge in [-0.25, -0.2) is 0 Å². The number of nitrogens with zero attached hydrogens (tertiary/aromatic N) is 3. The summed E-state index contributed by atoms with van der Waals surface area (Å²) < 4.78 is 2.01. The molecule has 2 aromatic rings.